The zero-order chi connectivity index (χ0) is 31.4. The standard InChI is InChI=1S/C37H61N5OS/c1-5-8-9-10-11-12-13-14-15-21-29-42(7-3)30-22-28-41(4)27-20-16-17-26-33(43)39-37-35-36(44-34(40-35)23-6-2)31-24-18-19-25-32(31)38-37/h18-19,24-25H,5-17,20-23,26-30H2,1-4H3,(H,38,39,43). The Labute approximate surface area is 272 Å². The summed E-state index contributed by atoms with van der Waals surface area (Å²) in [6, 6.07) is 8.15. The van der Waals surface area contributed by atoms with Crippen molar-refractivity contribution in [2.45, 2.75) is 130 Å². The number of unbranched alkanes of at least 4 members (excludes halogenated alkanes) is 11. The normalized spacial score (nSPS) is 11.9. The fraction of sp³-hybridized carbons (Fsp3) is 0.703. The summed E-state index contributed by atoms with van der Waals surface area (Å²) >= 11 is 1.73. The fourth-order valence-electron chi connectivity index (χ4n) is 6.02. The third kappa shape index (κ3) is 13.1. The lowest BCUT2D eigenvalue weighted by atomic mass is 10.1. The van der Waals surface area contributed by atoms with Gasteiger partial charge in [-0.3, -0.25) is 4.79 Å². The van der Waals surface area contributed by atoms with Crippen LogP contribution in [0.1, 0.15) is 129 Å². The molecule has 3 rings (SSSR count). The number of aromatic nitrogens is 2. The van der Waals surface area contributed by atoms with E-state index in [2.05, 4.69) is 49.0 Å². The number of anilines is 1. The third-order valence-electron chi connectivity index (χ3n) is 8.73. The quantitative estimate of drug-likeness (QED) is 0.0952. The van der Waals surface area contributed by atoms with Crippen LogP contribution < -0.4 is 5.32 Å². The number of amides is 1. The van der Waals surface area contributed by atoms with Gasteiger partial charge in [0.25, 0.3) is 0 Å². The van der Waals surface area contributed by atoms with Crippen LogP contribution in [-0.4, -0.2) is 65.4 Å². The van der Waals surface area contributed by atoms with Crippen LogP contribution in [0.25, 0.3) is 21.1 Å². The predicted molar refractivity (Wildman–Crippen MR) is 192 cm³/mol. The van der Waals surface area contributed by atoms with E-state index in [1.165, 1.54) is 83.7 Å². The molecule has 0 aliphatic heterocycles. The molecule has 0 aliphatic rings. The maximum Gasteiger partial charge on any atom is 0.225 e. The van der Waals surface area contributed by atoms with Crippen molar-refractivity contribution in [1.82, 2.24) is 19.8 Å². The van der Waals surface area contributed by atoms with Crippen LogP contribution in [0.2, 0.25) is 0 Å². The first-order valence-electron chi connectivity index (χ1n) is 17.9. The Hall–Kier alpha value is -2.09. The minimum Gasteiger partial charge on any atom is -0.309 e. The number of benzene rings is 1. The lowest BCUT2D eigenvalue weighted by Crippen LogP contribution is -2.29. The van der Waals surface area contributed by atoms with E-state index in [4.69, 9.17) is 9.97 Å². The Morgan fingerprint density at radius 2 is 1.39 bits per heavy atom. The largest absolute Gasteiger partial charge is 0.309 e. The van der Waals surface area contributed by atoms with Crippen molar-refractivity contribution in [2.24, 2.45) is 0 Å². The molecule has 1 N–H and O–H groups in total. The predicted octanol–water partition coefficient (Wildman–Crippen LogP) is 9.86. The molecule has 0 radical (unpaired) electrons. The first kappa shape index (κ1) is 36.4. The Bertz CT molecular complexity index is 1210. The Balaban J connectivity index is 1.26. The van der Waals surface area contributed by atoms with Gasteiger partial charge in [-0.25, -0.2) is 9.97 Å². The van der Waals surface area contributed by atoms with Crippen LogP contribution in [0, 0.1) is 0 Å². The molecule has 0 spiro atoms. The van der Waals surface area contributed by atoms with E-state index in [1.54, 1.807) is 11.3 Å². The molecular formula is C37H61N5OS. The van der Waals surface area contributed by atoms with Crippen molar-refractivity contribution >= 4 is 44.2 Å². The smallest absolute Gasteiger partial charge is 0.225 e. The van der Waals surface area contributed by atoms with Gasteiger partial charge in [-0.2, -0.15) is 0 Å². The van der Waals surface area contributed by atoms with Crippen LogP contribution >= 0.6 is 11.3 Å². The summed E-state index contributed by atoms with van der Waals surface area (Å²) in [5.41, 5.74) is 1.74. The first-order valence-corrected chi connectivity index (χ1v) is 18.8. The number of pyridine rings is 1. The zero-order valence-corrected chi connectivity index (χ0v) is 29.3. The Kier molecular flexibility index (Phi) is 17.9. The Morgan fingerprint density at radius 3 is 2.11 bits per heavy atom. The van der Waals surface area contributed by atoms with E-state index >= 15 is 0 Å². The number of nitrogens with one attached hydrogen (secondary N) is 1. The van der Waals surface area contributed by atoms with E-state index in [9.17, 15) is 4.79 Å². The zero-order valence-electron chi connectivity index (χ0n) is 28.5. The molecule has 0 saturated carbocycles. The number of aryl methyl sites for hydroxylation is 1. The molecule has 2 aromatic heterocycles. The lowest BCUT2D eigenvalue weighted by Gasteiger charge is -2.22. The van der Waals surface area contributed by atoms with E-state index < -0.39 is 0 Å². The van der Waals surface area contributed by atoms with Gasteiger partial charge in [0.2, 0.25) is 5.91 Å². The summed E-state index contributed by atoms with van der Waals surface area (Å²) in [6.07, 6.45) is 20.9. The molecule has 44 heavy (non-hydrogen) atoms. The number of rotatable bonds is 25. The fourth-order valence-corrected chi connectivity index (χ4v) is 7.22. The summed E-state index contributed by atoms with van der Waals surface area (Å²) in [5.74, 6) is 0.644. The van der Waals surface area contributed by atoms with Crippen LogP contribution in [-0.2, 0) is 11.2 Å². The molecule has 0 saturated heterocycles. The number of thiazole rings is 1. The molecule has 3 aromatic rings. The van der Waals surface area contributed by atoms with Gasteiger partial charge in [-0.05, 0) is 84.4 Å². The van der Waals surface area contributed by atoms with Crippen molar-refractivity contribution in [3.63, 3.8) is 0 Å². The molecule has 0 bridgehead atoms. The molecule has 7 heteroatoms. The number of hydrogen-bond donors (Lipinski definition) is 1. The summed E-state index contributed by atoms with van der Waals surface area (Å²) in [7, 11) is 2.24. The number of nitrogens with zero attached hydrogens (tertiary/aromatic N) is 4. The first-order chi connectivity index (χ1) is 21.5. The van der Waals surface area contributed by atoms with Gasteiger partial charge in [0.1, 0.15) is 5.52 Å². The SMILES string of the molecule is CCCCCCCCCCCCN(CC)CCCN(C)CCCCCC(=O)Nc1nc2ccccc2c2sc(CCC)nc12. The van der Waals surface area contributed by atoms with Gasteiger partial charge >= 0.3 is 0 Å². The second-order valence-corrected chi connectivity index (χ2v) is 13.7. The van der Waals surface area contributed by atoms with Crippen LogP contribution in [0.4, 0.5) is 5.82 Å². The number of para-hydroxylation sites is 1. The van der Waals surface area contributed by atoms with Crippen molar-refractivity contribution in [2.75, 3.05) is 45.1 Å². The number of carbonyl (C=O) groups excluding carboxylic acids is 1. The molecule has 246 valence electrons. The summed E-state index contributed by atoms with van der Waals surface area (Å²) in [4.78, 5) is 27.6. The van der Waals surface area contributed by atoms with E-state index in [0.29, 0.717) is 12.2 Å². The minimum absolute atomic E-state index is 0.0366. The third-order valence-corrected chi connectivity index (χ3v) is 9.88. The summed E-state index contributed by atoms with van der Waals surface area (Å²) in [6.45, 7) is 12.6. The highest BCUT2D eigenvalue weighted by atomic mass is 32.1. The molecule has 0 fully saturated rings. The molecule has 0 atom stereocenters. The number of carbonyl (C=O) groups is 1. The Morgan fingerprint density at radius 1 is 0.750 bits per heavy atom. The molecule has 2 heterocycles. The van der Waals surface area contributed by atoms with E-state index in [0.717, 1.165) is 77.9 Å². The van der Waals surface area contributed by atoms with Crippen LogP contribution in [0.15, 0.2) is 24.3 Å². The average molecular weight is 624 g/mol. The average Bonchev–Trinajstić information content (AvgIpc) is 3.45. The second-order valence-electron chi connectivity index (χ2n) is 12.6. The van der Waals surface area contributed by atoms with Gasteiger partial charge in [0, 0.05) is 11.8 Å². The van der Waals surface area contributed by atoms with Crippen molar-refractivity contribution in [3.05, 3.63) is 29.3 Å². The molecule has 6 nitrogen and oxygen atoms in total. The monoisotopic (exact) mass is 623 g/mol. The van der Waals surface area contributed by atoms with Crippen LogP contribution in [0.3, 0.4) is 0 Å². The lowest BCUT2D eigenvalue weighted by molar-refractivity contribution is -0.116. The topological polar surface area (TPSA) is 61.4 Å². The second kappa shape index (κ2) is 21.6. The number of fused-ring (bicyclic) bond motifs is 3. The van der Waals surface area contributed by atoms with Crippen molar-refractivity contribution in [1.29, 1.82) is 0 Å². The van der Waals surface area contributed by atoms with Crippen LogP contribution in [0.5, 0.6) is 0 Å². The van der Waals surface area contributed by atoms with Crippen molar-refractivity contribution in [3.8, 4) is 0 Å². The highest BCUT2D eigenvalue weighted by molar-refractivity contribution is 7.19. The molecule has 1 amide bonds. The molecule has 0 aliphatic carbocycles. The molecule has 1 aromatic carbocycles. The number of hydrogen-bond acceptors (Lipinski definition) is 6. The maximum atomic E-state index is 12.8. The summed E-state index contributed by atoms with van der Waals surface area (Å²) < 4.78 is 1.12. The van der Waals surface area contributed by atoms with Gasteiger partial charge in [-0.15, -0.1) is 11.3 Å². The van der Waals surface area contributed by atoms with Gasteiger partial charge < -0.3 is 15.1 Å². The highest BCUT2D eigenvalue weighted by Gasteiger charge is 2.15. The summed E-state index contributed by atoms with van der Waals surface area (Å²) in [5, 5.41) is 5.31. The highest BCUT2D eigenvalue weighted by Crippen LogP contribution is 2.34. The van der Waals surface area contributed by atoms with Gasteiger partial charge in [-0.1, -0.05) is 103 Å². The molecular weight excluding hydrogens is 563 g/mol. The van der Waals surface area contributed by atoms with Crippen molar-refractivity contribution < 1.29 is 4.79 Å². The van der Waals surface area contributed by atoms with Gasteiger partial charge in [0.15, 0.2) is 5.82 Å². The van der Waals surface area contributed by atoms with E-state index in [1.807, 2.05) is 18.2 Å². The van der Waals surface area contributed by atoms with E-state index in [-0.39, 0.29) is 5.91 Å². The molecule has 0 unspecified atom stereocenters. The van der Waals surface area contributed by atoms with Gasteiger partial charge in [0.05, 0.1) is 15.2 Å². The minimum atomic E-state index is 0.0366. The maximum absolute atomic E-state index is 12.8.